The van der Waals surface area contributed by atoms with E-state index in [4.69, 9.17) is 4.74 Å². The Morgan fingerprint density at radius 3 is 2.55 bits per heavy atom. The smallest absolute Gasteiger partial charge is 0.123 e. The van der Waals surface area contributed by atoms with E-state index in [1.54, 1.807) is 0 Å². The maximum absolute atomic E-state index is 5.76. The highest BCUT2D eigenvalue weighted by Crippen LogP contribution is 2.28. The zero-order valence-electron chi connectivity index (χ0n) is 13.5. The Hall–Kier alpha value is -0.670. The van der Waals surface area contributed by atoms with Gasteiger partial charge in [0, 0.05) is 17.4 Å². The van der Waals surface area contributed by atoms with Crippen molar-refractivity contribution in [2.45, 2.75) is 46.4 Å². The number of hydrogen-bond acceptors (Lipinski definition) is 3. The Bertz CT molecular complexity index is 393. The quantitative estimate of drug-likeness (QED) is 0.717. The fraction of sp³-hybridized carbons (Fsp3) is 0.647. The lowest BCUT2D eigenvalue weighted by Crippen LogP contribution is -2.17. The first-order chi connectivity index (χ1) is 9.58. The van der Waals surface area contributed by atoms with Crippen LogP contribution in [0.3, 0.4) is 0 Å². The summed E-state index contributed by atoms with van der Waals surface area (Å²) in [7, 11) is 0. The van der Waals surface area contributed by atoms with Crippen LogP contribution in [0.5, 0.6) is 5.75 Å². The molecule has 0 aliphatic rings. The van der Waals surface area contributed by atoms with Crippen LogP contribution < -0.4 is 10.1 Å². The van der Waals surface area contributed by atoms with Crippen molar-refractivity contribution < 1.29 is 4.74 Å². The van der Waals surface area contributed by atoms with Gasteiger partial charge < -0.3 is 10.1 Å². The summed E-state index contributed by atoms with van der Waals surface area (Å²) in [5, 5.41) is 3.47. The molecule has 0 saturated heterocycles. The summed E-state index contributed by atoms with van der Waals surface area (Å²) < 4.78 is 5.76. The van der Waals surface area contributed by atoms with Crippen LogP contribution in [-0.2, 0) is 5.75 Å². The number of benzene rings is 1. The molecule has 1 rings (SSSR count). The van der Waals surface area contributed by atoms with Gasteiger partial charge in [0.15, 0.2) is 0 Å². The molecule has 0 saturated carbocycles. The van der Waals surface area contributed by atoms with Gasteiger partial charge in [-0.25, -0.2) is 0 Å². The summed E-state index contributed by atoms with van der Waals surface area (Å²) >= 11 is 1.99. The Kier molecular flexibility index (Phi) is 8.08. The molecule has 0 radical (unpaired) electrons. The molecule has 20 heavy (non-hydrogen) atoms. The highest BCUT2D eigenvalue weighted by Gasteiger charge is 2.10. The second-order valence-electron chi connectivity index (χ2n) is 5.49. The van der Waals surface area contributed by atoms with E-state index >= 15 is 0 Å². The number of ether oxygens (including phenoxy) is 1. The van der Waals surface area contributed by atoms with E-state index in [9.17, 15) is 0 Å². The summed E-state index contributed by atoms with van der Waals surface area (Å²) in [4.78, 5) is 0. The van der Waals surface area contributed by atoms with Gasteiger partial charge in [-0.1, -0.05) is 26.8 Å². The minimum atomic E-state index is 0.393. The SMILES string of the molecule is CCNC(C)c1ccc(OCC)c(CSCC(C)C)c1. The second-order valence-corrected chi connectivity index (χ2v) is 6.52. The van der Waals surface area contributed by atoms with Crippen molar-refractivity contribution in [3.8, 4) is 5.75 Å². The van der Waals surface area contributed by atoms with Gasteiger partial charge in [-0.3, -0.25) is 0 Å². The minimum Gasteiger partial charge on any atom is -0.494 e. The van der Waals surface area contributed by atoms with Crippen LogP contribution in [0.15, 0.2) is 18.2 Å². The minimum absolute atomic E-state index is 0.393. The molecule has 114 valence electrons. The summed E-state index contributed by atoms with van der Waals surface area (Å²) in [6.07, 6.45) is 0. The molecule has 2 nitrogen and oxygen atoms in total. The topological polar surface area (TPSA) is 21.3 Å². The first-order valence-electron chi connectivity index (χ1n) is 7.65. The third-order valence-corrected chi connectivity index (χ3v) is 4.52. The lowest BCUT2D eigenvalue weighted by atomic mass is 10.0. The Morgan fingerprint density at radius 2 is 1.95 bits per heavy atom. The van der Waals surface area contributed by atoms with Gasteiger partial charge in [0.25, 0.3) is 0 Å². The molecular weight excluding hydrogens is 266 g/mol. The second kappa shape index (κ2) is 9.30. The molecule has 1 N–H and O–H groups in total. The Labute approximate surface area is 128 Å². The first kappa shape index (κ1) is 17.4. The van der Waals surface area contributed by atoms with Crippen LogP contribution in [0.2, 0.25) is 0 Å². The van der Waals surface area contributed by atoms with E-state index in [1.807, 2.05) is 18.7 Å². The van der Waals surface area contributed by atoms with Crippen LogP contribution in [0.1, 0.15) is 51.8 Å². The van der Waals surface area contributed by atoms with E-state index in [2.05, 4.69) is 51.2 Å². The van der Waals surface area contributed by atoms with Gasteiger partial charge in [-0.2, -0.15) is 11.8 Å². The largest absolute Gasteiger partial charge is 0.494 e. The third kappa shape index (κ3) is 5.76. The van der Waals surface area contributed by atoms with Gasteiger partial charge in [-0.15, -0.1) is 0 Å². The van der Waals surface area contributed by atoms with Crippen LogP contribution in [-0.4, -0.2) is 18.9 Å². The molecule has 0 amide bonds. The monoisotopic (exact) mass is 295 g/mol. The van der Waals surface area contributed by atoms with Crippen molar-refractivity contribution >= 4 is 11.8 Å². The van der Waals surface area contributed by atoms with Crippen molar-refractivity contribution in [1.29, 1.82) is 0 Å². The number of thioether (sulfide) groups is 1. The molecule has 0 aliphatic heterocycles. The van der Waals surface area contributed by atoms with Gasteiger partial charge >= 0.3 is 0 Å². The van der Waals surface area contributed by atoms with E-state index in [-0.39, 0.29) is 0 Å². The summed E-state index contributed by atoms with van der Waals surface area (Å²) in [5.41, 5.74) is 2.66. The zero-order chi connectivity index (χ0) is 15.0. The average molecular weight is 295 g/mol. The first-order valence-corrected chi connectivity index (χ1v) is 8.80. The van der Waals surface area contributed by atoms with Crippen molar-refractivity contribution in [1.82, 2.24) is 5.32 Å². The summed E-state index contributed by atoms with van der Waals surface area (Å²) in [6.45, 7) is 12.6. The molecule has 1 aromatic rings. The molecule has 0 aliphatic carbocycles. The van der Waals surface area contributed by atoms with Crippen LogP contribution in [0, 0.1) is 5.92 Å². The third-order valence-electron chi connectivity index (χ3n) is 3.10. The van der Waals surface area contributed by atoms with E-state index in [0.717, 1.165) is 30.6 Å². The zero-order valence-corrected chi connectivity index (χ0v) is 14.3. The lowest BCUT2D eigenvalue weighted by Gasteiger charge is -2.17. The molecule has 3 heteroatoms. The maximum Gasteiger partial charge on any atom is 0.123 e. The number of hydrogen-bond donors (Lipinski definition) is 1. The Morgan fingerprint density at radius 1 is 1.20 bits per heavy atom. The van der Waals surface area contributed by atoms with E-state index in [1.165, 1.54) is 16.9 Å². The van der Waals surface area contributed by atoms with Crippen LogP contribution in [0.25, 0.3) is 0 Å². The maximum atomic E-state index is 5.76. The molecule has 0 bridgehead atoms. The average Bonchev–Trinajstić information content (AvgIpc) is 2.40. The van der Waals surface area contributed by atoms with Crippen molar-refractivity contribution in [3.63, 3.8) is 0 Å². The highest BCUT2D eigenvalue weighted by atomic mass is 32.2. The van der Waals surface area contributed by atoms with E-state index < -0.39 is 0 Å². The normalized spacial score (nSPS) is 12.7. The van der Waals surface area contributed by atoms with Gasteiger partial charge in [0.2, 0.25) is 0 Å². The predicted molar refractivity (Wildman–Crippen MR) is 90.7 cm³/mol. The van der Waals surface area contributed by atoms with Gasteiger partial charge in [0.1, 0.15) is 5.75 Å². The molecule has 0 spiro atoms. The molecule has 1 unspecified atom stereocenters. The van der Waals surface area contributed by atoms with Crippen molar-refractivity contribution in [2.75, 3.05) is 18.9 Å². The lowest BCUT2D eigenvalue weighted by molar-refractivity contribution is 0.337. The molecule has 0 fully saturated rings. The number of rotatable bonds is 9. The van der Waals surface area contributed by atoms with Crippen LogP contribution >= 0.6 is 11.8 Å². The van der Waals surface area contributed by atoms with Gasteiger partial charge in [0.05, 0.1) is 6.61 Å². The van der Waals surface area contributed by atoms with E-state index in [0.29, 0.717) is 6.04 Å². The molecular formula is C17H29NOS. The molecule has 0 heterocycles. The summed E-state index contributed by atoms with van der Waals surface area (Å²) in [6, 6.07) is 6.99. The van der Waals surface area contributed by atoms with Crippen molar-refractivity contribution in [3.05, 3.63) is 29.3 Å². The molecule has 1 atom stereocenters. The van der Waals surface area contributed by atoms with Gasteiger partial charge in [-0.05, 0) is 49.8 Å². The predicted octanol–water partition coefficient (Wildman–Crippen LogP) is 4.65. The number of nitrogens with one attached hydrogen (secondary N) is 1. The molecule has 0 aromatic heterocycles. The molecule has 1 aromatic carbocycles. The van der Waals surface area contributed by atoms with Crippen molar-refractivity contribution in [2.24, 2.45) is 5.92 Å². The van der Waals surface area contributed by atoms with Crippen LogP contribution in [0.4, 0.5) is 0 Å². The fourth-order valence-corrected chi connectivity index (χ4v) is 3.14. The Balaban J connectivity index is 2.81. The highest BCUT2D eigenvalue weighted by molar-refractivity contribution is 7.98. The fourth-order valence-electron chi connectivity index (χ4n) is 2.11. The summed E-state index contributed by atoms with van der Waals surface area (Å²) in [5.74, 6) is 3.99. The standard InChI is InChI=1S/C17H29NOS/c1-6-18-14(5)15-8-9-17(19-7-2)16(10-15)12-20-11-13(3)4/h8-10,13-14,18H,6-7,11-12H2,1-5H3.